The van der Waals surface area contributed by atoms with E-state index in [2.05, 4.69) is 0 Å². The first kappa shape index (κ1) is 14.9. The first-order valence-corrected chi connectivity index (χ1v) is 7.42. The predicted octanol–water partition coefficient (Wildman–Crippen LogP) is 3.27. The monoisotopic (exact) mass is 332 g/mol. The second-order valence-corrected chi connectivity index (χ2v) is 6.05. The first-order chi connectivity index (χ1) is 9.27. The molecule has 2 aromatic rings. The van der Waals surface area contributed by atoms with Gasteiger partial charge in [0.1, 0.15) is 21.6 Å². The van der Waals surface area contributed by atoms with Crippen molar-refractivity contribution in [3.63, 3.8) is 0 Å². The highest BCUT2D eigenvalue weighted by molar-refractivity contribution is 7.85. The van der Waals surface area contributed by atoms with E-state index in [-0.39, 0.29) is 10.8 Å². The lowest BCUT2D eigenvalue weighted by atomic mass is 10.3. The van der Waals surface area contributed by atoms with Gasteiger partial charge in [0.2, 0.25) is 0 Å². The number of hydrogen-bond donors (Lipinski definition) is 1. The Morgan fingerprint density at radius 3 is 2.25 bits per heavy atom. The van der Waals surface area contributed by atoms with Crippen LogP contribution in [0.4, 0.5) is 5.69 Å². The van der Waals surface area contributed by atoms with Crippen molar-refractivity contribution in [1.29, 1.82) is 0 Å². The first-order valence-electron chi connectivity index (χ1n) is 5.26. The zero-order valence-electron chi connectivity index (χ0n) is 9.84. The van der Waals surface area contributed by atoms with Crippen LogP contribution in [0.2, 0.25) is 10.0 Å². The van der Waals surface area contributed by atoms with Gasteiger partial charge in [-0.25, -0.2) is 8.42 Å². The summed E-state index contributed by atoms with van der Waals surface area (Å²) >= 11 is 11.6. The number of halogens is 2. The molecule has 0 saturated carbocycles. The summed E-state index contributed by atoms with van der Waals surface area (Å²) in [6, 6.07) is 8.04. The van der Waals surface area contributed by atoms with Gasteiger partial charge in [0.05, 0.1) is 15.6 Å². The van der Waals surface area contributed by atoms with Crippen molar-refractivity contribution in [3.05, 3.63) is 46.4 Å². The largest absolute Gasteiger partial charge is 0.744 e. The molecular weight excluding hydrogens is 325 g/mol. The molecule has 0 fully saturated rings. The number of nitrogen functional groups attached to an aromatic ring is 1. The summed E-state index contributed by atoms with van der Waals surface area (Å²) < 4.78 is 38.0. The highest BCUT2D eigenvalue weighted by Gasteiger charge is 2.10. The molecule has 0 aliphatic heterocycles. The van der Waals surface area contributed by atoms with Gasteiger partial charge >= 0.3 is 0 Å². The summed E-state index contributed by atoms with van der Waals surface area (Å²) in [6.45, 7) is 0. The van der Waals surface area contributed by atoms with Crippen molar-refractivity contribution >= 4 is 39.0 Å². The van der Waals surface area contributed by atoms with E-state index in [1.165, 1.54) is 12.1 Å². The number of nitrogens with two attached hydrogens (primary N) is 1. The van der Waals surface area contributed by atoms with Crippen molar-refractivity contribution < 1.29 is 17.7 Å². The number of ether oxygens (including phenoxy) is 1. The molecule has 0 aromatic heterocycles. The molecule has 0 bridgehead atoms. The van der Waals surface area contributed by atoms with E-state index in [9.17, 15) is 13.0 Å². The molecule has 0 spiro atoms. The third kappa shape index (κ3) is 3.34. The van der Waals surface area contributed by atoms with Gasteiger partial charge in [-0.15, -0.1) is 0 Å². The number of rotatable bonds is 3. The van der Waals surface area contributed by atoms with E-state index in [0.29, 0.717) is 16.5 Å². The Kier molecular flexibility index (Phi) is 4.10. The summed E-state index contributed by atoms with van der Waals surface area (Å²) in [4.78, 5) is -0.432. The SMILES string of the molecule is Nc1cc(Cl)ccc1Oc1ccc(S(=O)(=O)[O-])cc1Cl. The van der Waals surface area contributed by atoms with Gasteiger partial charge in [0, 0.05) is 5.02 Å². The Labute approximate surface area is 125 Å². The topological polar surface area (TPSA) is 92.5 Å². The van der Waals surface area contributed by atoms with Crippen LogP contribution >= 0.6 is 23.2 Å². The Morgan fingerprint density at radius 2 is 1.70 bits per heavy atom. The van der Waals surface area contributed by atoms with Crippen LogP contribution in [0.5, 0.6) is 11.5 Å². The minimum Gasteiger partial charge on any atom is -0.744 e. The van der Waals surface area contributed by atoms with Crippen LogP contribution in [0.15, 0.2) is 41.3 Å². The molecule has 5 nitrogen and oxygen atoms in total. The molecule has 0 heterocycles. The van der Waals surface area contributed by atoms with E-state index >= 15 is 0 Å². The summed E-state index contributed by atoms with van der Waals surface area (Å²) in [5.41, 5.74) is 6.02. The van der Waals surface area contributed by atoms with Gasteiger partial charge < -0.3 is 15.0 Å². The van der Waals surface area contributed by atoms with Crippen LogP contribution in [0, 0.1) is 0 Å². The minimum atomic E-state index is -4.56. The van der Waals surface area contributed by atoms with Gasteiger partial charge in [-0.1, -0.05) is 23.2 Å². The quantitative estimate of drug-likeness (QED) is 0.687. The Balaban J connectivity index is 2.35. The van der Waals surface area contributed by atoms with Crippen molar-refractivity contribution in [2.45, 2.75) is 4.90 Å². The van der Waals surface area contributed by atoms with Gasteiger partial charge in [-0.3, -0.25) is 0 Å². The molecule has 0 unspecified atom stereocenters. The van der Waals surface area contributed by atoms with Crippen LogP contribution in [0.25, 0.3) is 0 Å². The predicted molar refractivity (Wildman–Crippen MR) is 75.4 cm³/mol. The molecule has 2 N–H and O–H groups in total. The maximum atomic E-state index is 10.9. The zero-order valence-corrected chi connectivity index (χ0v) is 12.2. The van der Waals surface area contributed by atoms with Gasteiger partial charge in [0.15, 0.2) is 0 Å². The molecule has 0 atom stereocenters. The lowest BCUT2D eigenvalue weighted by molar-refractivity contribution is 0.462. The number of hydrogen-bond acceptors (Lipinski definition) is 5. The van der Waals surface area contributed by atoms with Crippen LogP contribution in [-0.4, -0.2) is 13.0 Å². The zero-order chi connectivity index (χ0) is 14.9. The van der Waals surface area contributed by atoms with Gasteiger partial charge in [-0.2, -0.15) is 0 Å². The standard InChI is InChI=1S/C12H9Cl2NO4S/c13-7-1-3-12(10(15)5-7)19-11-4-2-8(6-9(11)14)20(16,17)18/h1-6H,15H2,(H,16,17,18)/p-1. The van der Waals surface area contributed by atoms with Crippen LogP contribution in [0.1, 0.15) is 0 Å². The number of benzene rings is 2. The minimum absolute atomic E-state index is 0.0173. The van der Waals surface area contributed by atoms with Crippen LogP contribution in [0.3, 0.4) is 0 Å². The number of anilines is 1. The van der Waals surface area contributed by atoms with E-state index in [4.69, 9.17) is 33.7 Å². The van der Waals surface area contributed by atoms with Crippen molar-refractivity contribution in [2.24, 2.45) is 0 Å². The highest BCUT2D eigenvalue weighted by Crippen LogP contribution is 2.34. The molecular formula is C12H8Cl2NO4S-. The van der Waals surface area contributed by atoms with E-state index in [1.54, 1.807) is 12.1 Å². The summed E-state index contributed by atoms with van der Waals surface area (Å²) in [7, 11) is -4.56. The lowest BCUT2D eigenvalue weighted by Gasteiger charge is -2.12. The maximum Gasteiger partial charge on any atom is 0.150 e. The molecule has 0 saturated heterocycles. The van der Waals surface area contributed by atoms with Crippen molar-refractivity contribution in [1.82, 2.24) is 0 Å². The van der Waals surface area contributed by atoms with Gasteiger partial charge in [-0.05, 0) is 36.4 Å². The molecule has 20 heavy (non-hydrogen) atoms. The molecule has 2 rings (SSSR count). The van der Waals surface area contributed by atoms with E-state index in [1.807, 2.05) is 0 Å². The average molecular weight is 333 g/mol. The fraction of sp³-hybridized carbons (Fsp3) is 0. The second-order valence-electron chi connectivity index (χ2n) is 3.83. The Hall–Kier alpha value is -1.47. The normalized spacial score (nSPS) is 11.3. The summed E-state index contributed by atoms with van der Waals surface area (Å²) in [5.74, 6) is 0.488. The fourth-order valence-corrected chi connectivity index (χ4v) is 2.41. The second kappa shape index (κ2) is 5.49. The van der Waals surface area contributed by atoms with Crippen LogP contribution < -0.4 is 10.5 Å². The van der Waals surface area contributed by atoms with Crippen LogP contribution in [-0.2, 0) is 10.1 Å². The molecule has 2 aromatic carbocycles. The van der Waals surface area contributed by atoms with E-state index < -0.39 is 15.0 Å². The van der Waals surface area contributed by atoms with Gasteiger partial charge in [0.25, 0.3) is 0 Å². The molecule has 0 aliphatic rings. The lowest BCUT2D eigenvalue weighted by Crippen LogP contribution is -1.99. The third-order valence-electron chi connectivity index (χ3n) is 2.38. The highest BCUT2D eigenvalue weighted by atomic mass is 35.5. The van der Waals surface area contributed by atoms with E-state index in [0.717, 1.165) is 12.1 Å². The molecule has 106 valence electrons. The average Bonchev–Trinajstić information content (AvgIpc) is 2.33. The molecule has 0 aliphatic carbocycles. The smallest absolute Gasteiger partial charge is 0.150 e. The Bertz CT molecular complexity index is 762. The molecule has 0 amide bonds. The van der Waals surface area contributed by atoms with Crippen molar-refractivity contribution in [2.75, 3.05) is 5.73 Å². The molecule has 0 radical (unpaired) electrons. The fourth-order valence-electron chi connectivity index (χ4n) is 1.45. The maximum absolute atomic E-state index is 10.9. The summed E-state index contributed by atoms with van der Waals surface area (Å²) in [6.07, 6.45) is 0. The molecule has 8 heteroatoms. The Morgan fingerprint density at radius 1 is 1.05 bits per heavy atom. The summed E-state index contributed by atoms with van der Waals surface area (Å²) in [5, 5.41) is 0.435. The van der Waals surface area contributed by atoms with Crippen molar-refractivity contribution in [3.8, 4) is 11.5 Å². The third-order valence-corrected chi connectivity index (χ3v) is 3.75.